The summed E-state index contributed by atoms with van der Waals surface area (Å²) in [6.45, 7) is 14.1. The molecule has 196 valence electrons. The molecule has 1 aromatic carbocycles. The number of primary amides is 1. The fraction of sp³-hybridized carbons (Fsp3) is 0.600. The summed E-state index contributed by atoms with van der Waals surface area (Å²) in [5.74, 6) is -1.85. The first-order valence-corrected chi connectivity index (χ1v) is 11.6. The number of hydrogen-bond acceptors (Lipinski definition) is 6. The van der Waals surface area contributed by atoms with E-state index >= 15 is 0 Å². The van der Waals surface area contributed by atoms with Crippen LogP contribution in [0.2, 0.25) is 0 Å². The Morgan fingerprint density at radius 3 is 2.17 bits per heavy atom. The first-order chi connectivity index (χ1) is 15.9. The summed E-state index contributed by atoms with van der Waals surface area (Å²) in [6, 6.07) is 2.23. The zero-order valence-corrected chi connectivity index (χ0v) is 22.0. The van der Waals surface area contributed by atoms with Crippen LogP contribution < -0.4 is 16.4 Å². The van der Waals surface area contributed by atoms with Crippen molar-refractivity contribution in [1.29, 1.82) is 0 Å². The van der Waals surface area contributed by atoms with Crippen molar-refractivity contribution in [3.63, 3.8) is 0 Å². The molecule has 2 atom stereocenters. The van der Waals surface area contributed by atoms with E-state index in [0.29, 0.717) is 17.5 Å². The van der Waals surface area contributed by atoms with Crippen LogP contribution in [0.15, 0.2) is 18.2 Å². The Balaban J connectivity index is 3.52. The van der Waals surface area contributed by atoms with E-state index in [1.807, 2.05) is 27.7 Å². The number of phenols is 1. The van der Waals surface area contributed by atoms with Crippen LogP contribution in [-0.4, -0.2) is 57.5 Å². The molecule has 0 spiro atoms. The summed E-state index contributed by atoms with van der Waals surface area (Å²) in [4.78, 5) is 52.7. The molecule has 0 aromatic heterocycles. The zero-order valence-electron chi connectivity index (χ0n) is 22.0. The minimum absolute atomic E-state index is 0.0512. The van der Waals surface area contributed by atoms with Crippen LogP contribution in [-0.2, 0) is 19.1 Å². The lowest BCUT2D eigenvalue weighted by Crippen LogP contribution is -2.55. The third-order valence-electron chi connectivity index (χ3n) is 4.74. The molecule has 1 rings (SSSR count). The summed E-state index contributed by atoms with van der Waals surface area (Å²) in [6.07, 6.45) is -0.858. The molecule has 0 heterocycles. The second kappa shape index (κ2) is 11.9. The highest BCUT2D eigenvalue weighted by atomic mass is 16.6. The van der Waals surface area contributed by atoms with Crippen LogP contribution in [0.4, 0.5) is 4.79 Å². The van der Waals surface area contributed by atoms with Gasteiger partial charge in [-0.3, -0.25) is 14.4 Å². The maximum Gasteiger partial charge on any atom is 0.408 e. The van der Waals surface area contributed by atoms with Crippen LogP contribution >= 0.6 is 0 Å². The zero-order chi connectivity index (χ0) is 27.1. The lowest BCUT2D eigenvalue weighted by atomic mass is 9.98. The number of rotatable bonds is 9. The van der Waals surface area contributed by atoms with Crippen molar-refractivity contribution in [3.8, 4) is 5.75 Å². The van der Waals surface area contributed by atoms with Gasteiger partial charge < -0.3 is 31.1 Å². The normalized spacial score (nSPS) is 13.4. The van der Waals surface area contributed by atoms with E-state index in [1.165, 1.54) is 11.0 Å². The number of ether oxygens (including phenoxy) is 1. The molecule has 0 saturated carbocycles. The van der Waals surface area contributed by atoms with Gasteiger partial charge in [-0.15, -0.1) is 0 Å². The van der Waals surface area contributed by atoms with Crippen LogP contribution in [0, 0.1) is 6.92 Å². The standard InChI is InChI=1S/C25H40N4O6/c1-9-12-29(22(33)17(14-19(26)31)27-23(34)35-25(6,7)8)20(21(32)28-24(3,4)5)16-10-11-18(30)15(2)13-16/h10-11,13,17,20,30H,9,12,14H2,1-8H3,(H2,26,31)(H,27,34)(H,28,32). The number of aryl methyl sites for hydroxylation is 1. The summed E-state index contributed by atoms with van der Waals surface area (Å²) in [5, 5.41) is 15.3. The second-order valence-electron chi connectivity index (χ2n) is 10.6. The molecule has 0 saturated heterocycles. The second-order valence-corrected chi connectivity index (χ2v) is 10.6. The van der Waals surface area contributed by atoms with Gasteiger partial charge in [0.25, 0.3) is 0 Å². The topological polar surface area (TPSA) is 151 Å². The molecule has 10 nitrogen and oxygen atoms in total. The van der Waals surface area contributed by atoms with Gasteiger partial charge >= 0.3 is 6.09 Å². The molecule has 0 aliphatic carbocycles. The molecule has 0 radical (unpaired) electrons. The number of benzene rings is 1. The van der Waals surface area contributed by atoms with E-state index in [2.05, 4.69) is 10.6 Å². The molecule has 10 heteroatoms. The van der Waals surface area contributed by atoms with Crippen molar-refractivity contribution in [1.82, 2.24) is 15.5 Å². The fourth-order valence-corrected chi connectivity index (χ4v) is 3.42. The maximum absolute atomic E-state index is 13.7. The largest absolute Gasteiger partial charge is 0.508 e. The van der Waals surface area contributed by atoms with Crippen molar-refractivity contribution in [2.75, 3.05) is 6.54 Å². The third-order valence-corrected chi connectivity index (χ3v) is 4.74. The number of phenolic OH excluding ortho intramolecular Hbond substituents is 1. The van der Waals surface area contributed by atoms with Crippen LogP contribution in [0.25, 0.3) is 0 Å². The molecule has 0 aliphatic rings. The van der Waals surface area contributed by atoms with Gasteiger partial charge in [0, 0.05) is 12.1 Å². The van der Waals surface area contributed by atoms with Gasteiger partial charge in [0.15, 0.2) is 0 Å². The Morgan fingerprint density at radius 1 is 1.11 bits per heavy atom. The van der Waals surface area contributed by atoms with E-state index in [-0.39, 0.29) is 12.3 Å². The van der Waals surface area contributed by atoms with Gasteiger partial charge in [-0.2, -0.15) is 0 Å². The highest BCUT2D eigenvalue weighted by Crippen LogP contribution is 2.28. The number of carbonyl (C=O) groups is 4. The SMILES string of the molecule is CCCN(C(=O)C(CC(N)=O)NC(=O)OC(C)(C)C)C(C(=O)NC(C)(C)C)c1ccc(O)c(C)c1. The Hall–Kier alpha value is -3.30. The van der Waals surface area contributed by atoms with Crippen molar-refractivity contribution in [2.24, 2.45) is 5.73 Å². The lowest BCUT2D eigenvalue weighted by Gasteiger charge is -2.35. The molecular weight excluding hydrogens is 452 g/mol. The maximum atomic E-state index is 13.7. The quantitative estimate of drug-likeness (QED) is 0.416. The van der Waals surface area contributed by atoms with Gasteiger partial charge in [-0.05, 0) is 78.1 Å². The molecular formula is C25H40N4O6. The predicted octanol–water partition coefficient (Wildman–Crippen LogP) is 2.66. The summed E-state index contributed by atoms with van der Waals surface area (Å²) in [7, 11) is 0. The highest BCUT2D eigenvalue weighted by Gasteiger charge is 2.37. The van der Waals surface area contributed by atoms with Gasteiger partial charge in [-0.1, -0.05) is 13.0 Å². The van der Waals surface area contributed by atoms with Crippen LogP contribution in [0.1, 0.15) is 78.5 Å². The molecule has 0 bridgehead atoms. The van der Waals surface area contributed by atoms with Crippen molar-refractivity contribution >= 4 is 23.8 Å². The summed E-state index contributed by atoms with van der Waals surface area (Å²) < 4.78 is 5.25. The molecule has 35 heavy (non-hydrogen) atoms. The van der Waals surface area contributed by atoms with E-state index in [1.54, 1.807) is 39.8 Å². The summed E-state index contributed by atoms with van der Waals surface area (Å²) in [5.41, 5.74) is 4.94. The molecule has 0 fully saturated rings. The highest BCUT2D eigenvalue weighted by molar-refractivity contribution is 5.94. The number of alkyl carbamates (subject to hydrolysis) is 1. The molecule has 1 aromatic rings. The van der Waals surface area contributed by atoms with Crippen molar-refractivity contribution in [3.05, 3.63) is 29.3 Å². The molecule has 5 N–H and O–H groups in total. The predicted molar refractivity (Wildman–Crippen MR) is 132 cm³/mol. The first kappa shape index (κ1) is 29.7. The molecule has 0 aliphatic heterocycles. The van der Waals surface area contributed by atoms with Gasteiger partial charge in [0.2, 0.25) is 17.7 Å². The Labute approximate surface area is 207 Å². The molecule has 4 amide bonds. The van der Waals surface area contributed by atoms with E-state index in [4.69, 9.17) is 10.5 Å². The third kappa shape index (κ3) is 9.84. The molecule has 2 unspecified atom stereocenters. The minimum atomic E-state index is -1.34. The van der Waals surface area contributed by atoms with Gasteiger partial charge in [0.05, 0.1) is 6.42 Å². The number of nitrogens with zero attached hydrogens (tertiary/aromatic N) is 1. The number of carbonyl (C=O) groups excluding carboxylic acids is 4. The lowest BCUT2D eigenvalue weighted by molar-refractivity contribution is -0.144. The van der Waals surface area contributed by atoms with Gasteiger partial charge in [0.1, 0.15) is 23.4 Å². The number of nitrogens with two attached hydrogens (primary N) is 1. The van der Waals surface area contributed by atoms with E-state index in [9.17, 15) is 24.3 Å². The fourth-order valence-electron chi connectivity index (χ4n) is 3.42. The van der Waals surface area contributed by atoms with Crippen molar-refractivity contribution in [2.45, 2.75) is 91.5 Å². The number of aromatic hydroxyl groups is 1. The average molecular weight is 493 g/mol. The Kier molecular flexibility index (Phi) is 10.1. The van der Waals surface area contributed by atoms with Crippen LogP contribution in [0.5, 0.6) is 5.75 Å². The monoisotopic (exact) mass is 492 g/mol. The number of amides is 4. The number of nitrogens with one attached hydrogen (secondary N) is 2. The van der Waals surface area contributed by atoms with Crippen LogP contribution in [0.3, 0.4) is 0 Å². The minimum Gasteiger partial charge on any atom is -0.508 e. The average Bonchev–Trinajstić information content (AvgIpc) is 2.66. The number of hydrogen-bond donors (Lipinski definition) is 4. The van der Waals surface area contributed by atoms with Gasteiger partial charge in [-0.25, -0.2) is 4.79 Å². The van der Waals surface area contributed by atoms with E-state index in [0.717, 1.165) is 0 Å². The smallest absolute Gasteiger partial charge is 0.408 e. The van der Waals surface area contributed by atoms with Crippen molar-refractivity contribution < 1.29 is 29.0 Å². The summed E-state index contributed by atoms with van der Waals surface area (Å²) >= 11 is 0. The van der Waals surface area contributed by atoms with E-state index < -0.39 is 53.5 Å². The Morgan fingerprint density at radius 2 is 1.71 bits per heavy atom. The Bertz CT molecular complexity index is 933. The first-order valence-electron chi connectivity index (χ1n) is 11.6.